The molecule has 0 saturated carbocycles. The Labute approximate surface area is 111 Å². The maximum atomic E-state index is 12.1. The largest absolute Gasteiger partial charge is 0.481 e. The van der Waals surface area contributed by atoms with E-state index in [1.165, 1.54) is 0 Å². The van der Waals surface area contributed by atoms with Crippen LogP contribution in [0.15, 0.2) is 29.1 Å². The molecule has 2 aromatic rings. The fraction of sp³-hybridized carbons (Fsp3) is 0.429. The molecule has 2 rings (SSSR count). The summed E-state index contributed by atoms with van der Waals surface area (Å²) < 4.78 is 3.41. The van der Waals surface area contributed by atoms with E-state index in [0.717, 1.165) is 23.9 Å². The summed E-state index contributed by atoms with van der Waals surface area (Å²) in [5, 5.41) is 8.56. The van der Waals surface area contributed by atoms with Crippen LogP contribution in [0.1, 0.15) is 25.7 Å². The third-order valence-electron chi connectivity index (χ3n) is 3.32. The molecule has 19 heavy (non-hydrogen) atoms. The number of unbranched alkanes of at least 4 members (excludes halogenated alkanes) is 2. The number of nitrogens with zero attached hydrogens (tertiary/aromatic N) is 2. The fourth-order valence-corrected chi connectivity index (χ4v) is 2.30. The second kappa shape index (κ2) is 5.73. The molecule has 0 fully saturated rings. The van der Waals surface area contributed by atoms with Crippen molar-refractivity contribution in [3.8, 4) is 0 Å². The number of hydrogen-bond donors (Lipinski definition) is 1. The first-order chi connectivity index (χ1) is 9.11. The zero-order valence-corrected chi connectivity index (χ0v) is 11.0. The normalized spacial score (nSPS) is 11.0. The van der Waals surface area contributed by atoms with Crippen molar-refractivity contribution in [3.63, 3.8) is 0 Å². The third-order valence-corrected chi connectivity index (χ3v) is 3.32. The van der Waals surface area contributed by atoms with Gasteiger partial charge in [0.15, 0.2) is 0 Å². The number of aryl methyl sites for hydroxylation is 2. The van der Waals surface area contributed by atoms with Crippen molar-refractivity contribution >= 4 is 17.0 Å². The number of carboxylic acid groups (broad SMARTS) is 1. The van der Waals surface area contributed by atoms with Crippen LogP contribution in [0.5, 0.6) is 0 Å². The van der Waals surface area contributed by atoms with E-state index in [9.17, 15) is 9.59 Å². The molecule has 1 heterocycles. The minimum atomic E-state index is -0.762. The lowest BCUT2D eigenvalue weighted by Gasteiger charge is -2.02. The number of rotatable bonds is 6. The molecule has 5 heteroatoms. The van der Waals surface area contributed by atoms with Gasteiger partial charge in [-0.2, -0.15) is 0 Å². The Morgan fingerprint density at radius 1 is 1.16 bits per heavy atom. The Balaban J connectivity index is 2.07. The molecule has 0 spiro atoms. The van der Waals surface area contributed by atoms with Crippen LogP contribution in [-0.2, 0) is 18.4 Å². The van der Waals surface area contributed by atoms with Crippen molar-refractivity contribution in [1.29, 1.82) is 0 Å². The van der Waals surface area contributed by atoms with E-state index in [1.54, 1.807) is 16.2 Å². The highest BCUT2D eigenvalue weighted by Crippen LogP contribution is 2.12. The van der Waals surface area contributed by atoms with Crippen molar-refractivity contribution in [1.82, 2.24) is 9.13 Å². The Morgan fingerprint density at radius 3 is 2.53 bits per heavy atom. The predicted molar refractivity (Wildman–Crippen MR) is 73.3 cm³/mol. The fourth-order valence-electron chi connectivity index (χ4n) is 2.30. The van der Waals surface area contributed by atoms with E-state index in [0.29, 0.717) is 13.0 Å². The zero-order chi connectivity index (χ0) is 13.8. The Bertz CT molecular complexity index is 640. The number of imidazole rings is 1. The standard InChI is InChI=1S/C14H18N2O3/c1-15-11-7-4-5-8-12(11)16(14(15)19)10-6-2-3-9-13(17)18/h4-5,7-8H,2-3,6,9-10H2,1H3,(H,17,18). The average molecular weight is 262 g/mol. The van der Waals surface area contributed by atoms with Crippen LogP contribution in [0.3, 0.4) is 0 Å². The molecule has 5 nitrogen and oxygen atoms in total. The number of benzene rings is 1. The first-order valence-corrected chi connectivity index (χ1v) is 6.47. The Morgan fingerprint density at radius 2 is 1.84 bits per heavy atom. The van der Waals surface area contributed by atoms with Gasteiger partial charge in [0.1, 0.15) is 0 Å². The molecule has 0 aliphatic rings. The molecular weight excluding hydrogens is 244 g/mol. The monoisotopic (exact) mass is 262 g/mol. The number of carbonyl (C=O) groups is 1. The Kier molecular flexibility index (Phi) is 4.04. The number of hydrogen-bond acceptors (Lipinski definition) is 2. The van der Waals surface area contributed by atoms with E-state index in [-0.39, 0.29) is 12.1 Å². The molecule has 0 saturated heterocycles. The van der Waals surface area contributed by atoms with Crippen LogP contribution in [0.25, 0.3) is 11.0 Å². The molecule has 102 valence electrons. The molecule has 1 aromatic heterocycles. The summed E-state index contributed by atoms with van der Waals surface area (Å²) in [6.45, 7) is 0.639. The summed E-state index contributed by atoms with van der Waals surface area (Å²) in [6, 6.07) is 7.70. The lowest BCUT2D eigenvalue weighted by molar-refractivity contribution is -0.137. The van der Waals surface area contributed by atoms with E-state index in [1.807, 2.05) is 24.3 Å². The number of aromatic nitrogens is 2. The molecule has 1 N–H and O–H groups in total. The summed E-state index contributed by atoms with van der Waals surface area (Å²) in [5.41, 5.74) is 1.85. The van der Waals surface area contributed by atoms with Gasteiger partial charge in [0.2, 0.25) is 0 Å². The maximum Gasteiger partial charge on any atom is 0.328 e. The molecule has 0 unspecified atom stereocenters. The lowest BCUT2D eigenvalue weighted by atomic mass is 10.2. The van der Waals surface area contributed by atoms with Crippen molar-refractivity contribution in [2.45, 2.75) is 32.2 Å². The van der Waals surface area contributed by atoms with Gasteiger partial charge in [-0.25, -0.2) is 4.79 Å². The molecule has 0 atom stereocenters. The molecule has 0 bridgehead atoms. The second-order valence-electron chi connectivity index (χ2n) is 4.69. The summed E-state index contributed by atoms with van der Waals surface area (Å²) in [7, 11) is 1.77. The van der Waals surface area contributed by atoms with Gasteiger partial charge in [-0.3, -0.25) is 13.9 Å². The van der Waals surface area contributed by atoms with Gasteiger partial charge >= 0.3 is 11.7 Å². The highest BCUT2D eigenvalue weighted by Gasteiger charge is 2.09. The first kappa shape index (κ1) is 13.4. The molecule has 0 aliphatic heterocycles. The number of aliphatic carboxylic acids is 1. The zero-order valence-electron chi connectivity index (χ0n) is 11.0. The van der Waals surface area contributed by atoms with Crippen LogP contribution in [0, 0.1) is 0 Å². The van der Waals surface area contributed by atoms with Crippen molar-refractivity contribution in [2.75, 3.05) is 0 Å². The van der Waals surface area contributed by atoms with Gasteiger partial charge in [-0.05, 0) is 25.0 Å². The van der Waals surface area contributed by atoms with Crippen LogP contribution in [0.2, 0.25) is 0 Å². The highest BCUT2D eigenvalue weighted by molar-refractivity contribution is 5.75. The van der Waals surface area contributed by atoms with Crippen LogP contribution >= 0.6 is 0 Å². The molecule has 0 aliphatic carbocycles. The van der Waals surface area contributed by atoms with Crippen molar-refractivity contribution in [3.05, 3.63) is 34.7 Å². The van der Waals surface area contributed by atoms with Gasteiger partial charge < -0.3 is 5.11 Å². The smallest absolute Gasteiger partial charge is 0.328 e. The van der Waals surface area contributed by atoms with E-state index < -0.39 is 5.97 Å². The maximum absolute atomic E-state index is 12.1. The summed E-state index contributed by atoms with van der Waals surface area (Å²) in [6.07, 6.45) is 2.50. The number of carboxylic acids is 1. The summed E-state index contributed by atoms with van der Waals surface area (Å²) >= 11 is 0. The van der Waals surface area contributed by atoms with Crippen LogP contribution in [-0.4, -0.2) is 20.2 Å². The van der Waals surface area contributed by atoms with Gasteiger partial charge in [-0.15, -0.1) is 0 Å². The topological polar surface area (TPSA) is 64.2 Å². The van der Waals surface area contributed by atoms with Crippen LogP contribution < -0.4 is 5.69 Å². The SMILES string of the molecule is Cn1c(=O)n(CCCCCC(=O)O)c2ccccc21. The third kappa shape index (κ3) is 2.86. The molecule has 1 aromatic carbocycles. The highest BCUT2D eigenvalue weighted by atomic mass is 16.4. The lowest BCUT2D eigenvalue weighted by Crippen LogP contribution is -2.22. The predicted octanol–water partition coefficient (Wildman–Crippen LogP) is 1.98. The second-order valence-corrected chi connectivity index (χ2v) is 4.69. The van der Waals surface area contributed by atoms with Gasteiger partial charge in [0.05, 0.1) is 11.0 Å². The number of para-hydroxylation sites is 2. The first-order valence-electron chi connectivity index (χ1n) is 6.47. The van der Waals surface area contributed by atoms with Gasteiger partial charge in [-0.1, -0.05) is 18.6 Å². The average Bonchev–Trinajstić information content (AvgIpc) is 2.63. The van der Waals surface area contributed by atoms with Crippen molar-refractivity contribution in [2.24, 2.45) is 7.05 Å². The van der Waals surface area contributed by atoms with Crippen molar-refractivity contribution < 1.29 is 9.90 Å². The molecule has 0 amide bonds. The summed E-state index contributed by atoms with van der Waals surface area (Å²) in [5.74, 6) is -0.762. The molecular formula is C14H18N2O3. The summed E-state index contributed by atoms with van der Waals surface area (Å²) in [4.78, 5) is 22.5. The quantitative estimate of drug-likeness (QED) is 0.810. The Hall–Kier alpha value is -2.04. The minimum Gasteiger partial charge on any atom is -0.481 e. The molecule has 0 radical (unpaired) electrons. The van der Waals surface area contributed by atoms with Gasteiger partial charge in [0, 0.05) is 20.0 Å². The van der Waals surface area contributed by atoms with Gasteiger partial charge in [0.25, 0.3) is 0 Å². The van der Waals surface area contributed by atoms with E-state index >= 15 is 0 Å². The minimum absolute atomic E-state index is 0.0144. The van der Waals surface area contributed by atoms with E-state index in [4.69, 9.17) is 5.11 Å². The number of fused-ring (bicyclic) bond motifs is 1. The van der Waals surface area contributed by atoms with E-state index in [2.05, 4.69) is 0 Å². The van der Waals surface area contributed by atoms with Crippen LogP contribution in [0.4, 0.5) is 0 Å².